The minimum atomic E-state index is -0.696. The molecule has 0 aliphatic carbocycles. The molecule has 0 fully saturated rings. The van der Waals surface area contributed by atoms with E-state index in [4.69, 9.17) is 4.74 Å². The minimum Gasteiger partial charge on any atom is -0.469 e. The molecule has 1 unspecified atom stereocenters. The largest absolute Gasteiger partial charge is 0.469 e. The average molecular weight is 285 g/mol. The van der Waals surface area contributed by atoms with E-state index in [0.29, 0.717) is 0 Å². The number of fused-ring (bicyclic) bond motifs is 3. The standard InChI is InChI=1S/C17H16FNO2/c1-17(10-16(20)21-2)14-9-11(18)7-8-12(14)13-5-3-4-6-15(13)19-17/h3-9,19H,10H2,1-2H3. The number of hydrogen-bond donors (Lipinski definition) is 1. The minimum absolute atomic E-state index is 0.133. The van der Waals surface area contributed by atoms with Gasteiger partial charge in [0.05, 0.1) is 19.1 Å². The highest BCUT2D eigenvalue weighted by Gasteiger charge is 2.36. The highest BCUT2D eigenvalue weighted by Crippen LogP contribution is 2.45. The second-order valence-electron chi connectivity index (χ2n) is 5.45. The van der Waals surface area contributed by atoms with Crippen LogP contribution in [-0.4, -0.2) is 13.1 Å². The normalized spacial score (nSPS) is 19.2. The number of rotatable bonds is 2. The van der Waals surface area contributed by atoms with Crippen LogP contribution < -0.4 is 5.32 Å². The summed E-state index contributed by atoms with van der Waals surface area (Å²) in [5, 5.41) is 3.35. The molecule has 0 amide bonds. The smallest absolute Gasteiger partial charge is 0.308 e. The highest BCUT2D eigenvalue weighted by molar-refractivity contribution is 5.86. The molecule has 2 aromatic rings. The van der Waals surface area contributed by atoms with Crippen LogP contribution in [0.5, 0.6) is 0 Å². The zero-order valence-electron chi connectivity index (χ0n) is 11.9. The summed E-state index contributed by atoms with van der Waals surface area (Å²) >= 11 is 0. The summed E-state index contributed by atoms with van der Waals surface area (Å²) in [4.78, 5) is 11.7. The lowest BCUT2D eigenvalue weighted by atomic mass is 9.79. The van der Waals surface area contributed by atoms with E-state index in [9.17, 15) is 9.18 Å². The third kappa shape index (κ3) is 2.27. The summed E-state index contributed by atoms with van der Waals surface area (Å²) in [6.07, 6.45) is 0.133. The van der Waals surface area contributed by atoms with Crippen LogP contribution in [0.4, 0.5) is 10.1 Å². The number of benzene rings is 2. The molecule has 4 heteroatoms. The number of carbonyl (C=O) groups excluding carboxylic acids is 1. The zero-order valence-corrected chi connectivity index (χ0v) is 11.9. The number of nitrogens with one attached hydrogen (secondary N) is 1. The molecule has 0 aromatic heterocycles. The lowest BCUT2D eigenvalue weighted by Crippen LogP contribution is -2.37. The van der Waals surface area contributed by atoms with E-state index in [1.165, 1.54) is 19.2 Å². The Morgan fingerprint density at radius 2 is 2.00 bits per heavy atom. The van der Waals surface area contributed by atoms with Crippen LogP contribution in [0.3, 0.4) is 0 Å². The Kier molecular flexibility index (Phi) is 3.16. The Morgan fingerprint density at radius 1 is 1.24 bits per heavy atom. The maximum absolute atomic E-state index is 13.7. The quantitative estimate of drug-likeness (QED) is 0.855. The van der Waals surface area contributed by atoms with E-state index in [2.05, 4.69) is 5.32 Å². The second-order valence-corrected chi connectivity index (χ2v) is 5.45. The maximum Gasteiger partial charge on any atom is 0.308 e. The number of carbonyl (C=O) groups is 1. The fourth-order valence-corrected chi connectivity index (χ4v) is 2.90. The van der Waals surface area contributed by atoms with Crippen LogP contribution in [0.25, 0.3) is 11.1 Å². The molecule has 21 heavy (non-hydrogen) atoms. The van der Waals surface area contributed by atoms with Gasteiger partial charge in [-0.2, -0.15) is 0 Å². The van der Waals surface area contributed by atoms with E-state index < -0.39 is 5.54 Å². The van der Waals surface area contributed by atoms with Crippen LogP contribution >= 0.6 is 0 Å². The number of esters is 1. The highest BCUT2D eigenvalue weighted by atomic mass is 19.1. The lowest BCUT2D eigenvalue weighted by molar-refractivity contribution is -0.141. The second kappa shape index (κ2) is 4.88. The fraction of sp³-hybridized carbons (Fsp3) is 0.235. The van der Waals surface area contributed by atoms with Gasteiger partial charge in [0.1, 0.15) is 5.82 Å². The summed E-state index contributed by atoms with van der Waals surface area (Å²) in [5.41, 5.74) is 2.96. The molecule has 3 rings (SSSR count). The van der Waals surface area contributed by atoms with E-state index in [1.54, 1.807) is 6.07 Å². The third-order valence-electron chi connectivity index (χ3n) is 3.93. The number of methoxy groups -OCH3 is 1. The molecule has 1 atom stereocenters. The van der Waals surface area contributed by atoms with Crippen LogP contribution in [0.15, 0.2) is 42.5 Å². The number of ether oxygens (including phenoxy) is 1. The topological polar surface area (TPSA) is 38.3 Å². The van der Waals surface area contributed by atoms with E-state index in [-0.39, 0.29) is 18.2 Å². The summed E-state index contributed by atoms with van der Waals surface area (Å²) in [6, 6.07) is 12.5. The number of para-hydroxylation sites is 1. The number of halogens is 1. The molecule has 0 saturated heterocycles. The van der Waals surface area contributed by atoms with Gasteiger partial charge in [0.15, 0.2) is 0 Å². The Labute approximate surface area is 122 Å². The van der Waals surface area contributed by atoms with Crippen molar-refractivity contribution < 1.29 is 13.9 Å². The van der Waals surface area contributed by atoms with Crippen molar-refractivity contribution in [3.63, 3.8) is 0 Å². The first kappa shape index (κ1) is 13.6. The van der Waals surface area contributed by atoms with Crippen molar-refractivity contribution in [3.8, 4) is 11.1 Å². The first-order valence-electron chi connectivity index (χ1n) is 6.78. The average Bonchev–Trinajstić information content (AvgIpc) is 2.47. The van der Waals surface area contributed by atoms with Gasteiger partial charge in [0.2, 0.25) is 0 Å². The van der Waals surface area contributed by atoms with Gasteiger partial charge >= 0.3 is 5.97 Å². The van der Waals surface area contributed by atoms with Crippen LogP contribution in [0, 0.1) is 5.82 Å². The summed E-state index contributed by atoms with van der Waals surface area (Å²) in [5.74, 6) is -0.648. The van der Waals surface area contributed by atoms with Crippen molar-refractivity contribution in [1.82, 2.24) is 0 Å². The predicted molar refractivity (Wildman–Crippen MR) is 79.4 cm³/mol. The molecule has 1 aliphatic rings. The molecule has 3 nitrogen and oxygen atoms in total. The van der Waals surface area contributed by atoms with E-state index in [0.717, 1.165) is 22.4 Å². The first-order chi connectivity index (χ1) is 10.0. The van der Waals surface area contributed by atoms with Crippen LogP contribution in [-0.2, 0) is 15.1 Å². The molecule has 0 bridgehead atoms. The van der Waals surface area contributed by atoms with E-state index >= 15 is 0 Å². The third-order valence-corrected chi connectivity index (χ3v) is 3.93. The Bertz CT molecular complexity index is 714. The van der Waals surface area contributed by atoms with Crippen molar-refractivity contribution in [1.29, 1.82) is 0 Å². The number of anilines is 1. The lowest BCUT2D eigenvalue weighted by Gasteiger charge is -2.38. The fourth-order valence-electron chi connectivity index (χ4n) is 2.90. The van der Waals surface area contributed by atoms with Crippen LogP contribution in [0.1, 0.15) is 18.9 Å². The van der Waals surface area contributed by atoms with Gasteiger partial charge in [-0.15, -0.1) is 0 Å². The molecule has 0 saturated carbocycles. The van der Waals surface area contributed by atoms with Crippen molar-refractivity contribution >= 4 is 11.7 Å². The van der Waals surface area contributed by atoms with Crippen molar-refractivity contribution in [2.24, 2.45) is 0 Å². The molecule has 1 heterocycles. The van der Waals surface area contributed by atoms with Gasteiger partial charge in [0, 0.05) is 11.3 Å². The summed E-state index contributed by atoms with van der Waals surface area (Å²) in [7, 11) is 1.36. The molecule has 1 aliphatic heterocycles. The number of hydrogen-bond acceptors (Lipinski definition) is 3. The van der Waals surface area contributed by atoms with Gasteiger partial charge in [-0.3, -0.25) is 4.79 Å². The van der Waals surface area contributed by atoms with E-state index in [1.807, 2.05) is 31.2 Å². The predicted octanol–water partition coefficient (Wildman–Crippen LogP) is 3.70. The van der Waals surface area contributed by atoms with Gasteiger partial charge in [-0.05, 0) is 36.2 Å². The molecule has 1 N–H and O–H groups in total. The molecule has 0 spiro atoms. The molecule has 0 radical (unpaired) electrons. The van der Waals surface area contributed by atoms with Crippen molar-refractivity contribution in [2.75, 3.05) is 12.4 Å². The monoisotopic (exact) mass is 285 g/mol. The zero-order chi connectivity index (χ0) is 15.0. The van der Waals surface area contributed by atoms with Crippen molar-refractivity contribution in [2.45, 2.75) is 18.9 Å². The van der Waals surface area contributed by atoms with Crippen molar-refractivity contribution in [3.05, 3.63) is 53.8 Å². The Hall–Kier alpha value is -2.36. The van der Waals surface area contributed by atoms with Gasteiger partial charge < -0.3 is 10.1 Å². The SMILES string of the molecule is COC(=O)CC1(C)Nc2ccccc2-c2ccc(F)cc21. The summed E-state index contributed by atoms with van der Waals surface area (Å²) in [6.45, 7) is 1.89. The Morgan fingerprint density at radius 3 is 2.76 bits per heavy atom. The molecule has 108 valence electrons. The Balaban J connectivity index is 2.19. The molecule has 2 aromatic carbocycles. The van der Waals surface area contributed by atoms with Gasteiger partial charge in [-0.25, -0.2) is 4.39 Å². The van der Waals surface area contributed by atoms with Crippen LogP contribution in [0.2, 0.25) is 0 Å². The maximum atomic E-state index is 13.7. The summed E-state index contributed by atoms with van der Waals surface area (Å²) < 4.78 is 18.5. The molecular formula is C17H16FNO2. The first-order valence-corrected chi connectivity index (χ1v) is 6.78. The van der Waals surface area contributed by atoms with Gasteiger partial charge in [0.25, 0.3) is 0 Å². The molecular weight excluding hydrogens is 269 g/mol. The van der Waals surface area contributed by atoms with Gasteiger partial charge in [-0.1, -0.05) is 24.3 Å².